The summed E-state index contributed by atoms with van der Waals surface area (Å²) in [5.74, 6) is -0.242. The van der Waals surface area contributed by atoms with Crippen LogP contribution in [-0.2, 0) is 4.79 Å². The smallest absolute Gasteiger partial charge is 0.245 e. The van der Waals surface area contributed by atoms with Crippen molar-refractivity contribution in [3.05, 3.63) is 59.9 Å². The van der Waals surface area contributed by atoms with Crippen LogP contribution in [0, 0.1) is 6.92 Å². The van der Waals surface area contributed by atoms with Gasteiger partial charge in [0.2, 0.25) is 5.91 Å². The summed E-state index contributed by atoms with van der Waals surface area (Å²) in [5.41, 5.74) is 8.33. The molecule has 0 unspecified atom stereocenters. The van der Waals surface area contributed by atoms with Crippen LogP contribution in [-0.4, -0.2) is 10.9 Å². The van der Waals surface area contributed by atoms with E-state index in [1.54, 1.807) is 12.4 Å². The van der Waals surface area contributed by atoms with Crippen molar-refractivity contribution in [2.45, 2.75) is 13.0 Å². The third-order valence-corrected chi connectivity index (χ3v) is 2.58. The summed E-state index contributed by atoms with van der Waals surface area (Å²) < 4.78 is 0. The molecule has 1 atom stereocenters. The Kier molecular flexibility index (Phi) is 3.69. The van der Waals surface area contributed by atoms with E-state index in [2.05, 4.69) is 10.3 Å². The van der Waals surface area contributed by atoms with Gasteiger partial charge in [0.15, 0.2) is 0 Å². The predicted octanol–water partition coefficient (Wildman–Crippen LogP) is 2.03. The molecule has 4 heteroatoms. The van der Waals surface area contributed by atoms with Gasteiger partial charge in [0.1, 0.15) is 6.04 Å². The Hall–Kier alpha value is -2.20. The SMILES string of the molecule is Cc1cncc(NC(=O)[C@H](N)c2ccccc2)c1. The van der Waals surface area contributed by atoms with Gasteiger partial charge in [-0.25, -0.2) is 0 Å². The maximum absolute atomic E-state index is 12.0. The van der Waals surface area contributed by atoms with Crippen LogP contribution in [0.5, 0.6) is 0 Å². The molecule has 92 valence electrons. The molecule has 0 saturated carbocycles. The van der Waals surface area contributed by atoms with Crippen LogP contribution in [0.25, 0.3) is 0 Å². The number of hydrogen-bond donors (Lipinski definition) is 2. The van der Waals surface area contributed by atoms with Gasteiger partial charge >= 0.3 is 0 Å². The quantitative estimate of drug-likeness (QED) is 0.864. The van der Waals surface area contributed by atoms with Crippen LogP contribution in [0.3, 0.4) is 0 Å². The van der Waals surface area contributed by atoms with Crippen LogP contribution >= 0.6 is 0 Å². The highest BCUT2D eigenvalue weighted by Gasteiger charge is 2.15. The molecule has 0 saturated heterocycles. The number of carbonyl (C=O) groups is 1. The Balaban J connectivity index is 2.09. The number of nitrogens with one attached hydrogen (secondary N) is 1. The number of hydrogen-bond acceptors (Lipinski definition) is 3. The Morgan fingerprint density at radius 1 is 1.28 bits per heavy atom. The summed E-state index contributed by atoms with van der Waals surface area (Å²) in [6, 6.07) is 10.4. The average Bonchev–Trinajstić information content (AvgIpc) is 2.39. The largest absolute Gasteiger partial charge is 0.323 e. The molecular formula is C14H15N3O. The van der Waals surface area contributed by atoms with Gasteiger partial charge in [0.25, 0.3) is 0 Å². The fourth-order valence-corrected chi connectivity index (χ4v) is 1.66. The van der Waals surface area contributed by atoms with E-state index in [4.69, 9.17) is 5.73 Å². The van der Waals surface area contributed by atoms with Crippen molar-refractivity contribution in [1.29, 1.82) is 0 Å². The van der Waals surface area contributed by atoms with Crippen LogP contribution < -0.4 is 11.1 Å². The standard InChI is InChI=1S/C14H15N3O/c1-10-7-12(9-16-8-10)17-14(18)13(15)11-5-3-2-4-6-11/h2-9,13H,15H2,1H3,(H,17,18)/t13-/m1/s1. The van der Waals surface area contributed by atoms with E-state index in [0.717, 1.165) is 11.1 Å². The van der Waals surface area contributed by atoms with E-state index < -0.39 is 6.04 Å². The third-order valence-electron chi connectivity index (χ3n) is 2.58. The molecule has 1 amide bonds. The van der Waals surface area contributed by atoms with Gasteiger partial charge in [-0.1, -0.05) is 30.3 Å². The minimum absolute atomic E-state index is 0.242. The molecule has 0 aliphatic heterocycles. The number of pyridine rings is 1. The van der Waals surface area contributed by atoms with Gasteiger partial charge in [-0.15, -0.1) is 0 Å². The number of nitrogens with two attached hydrogens (primary N) is 1. The van der Waals surface area contributed by atoms with Gasteiger partial charge in [-0.3, -0.25) is 9.78 Å². The first-order valence-electron chi connectivity index (χ1n) is 5.70. The summed E-state index contributed by atoms with van der Waals surface area (Å²) >= 11 is 0. The van der Waals surface area contributed by atoms with Crippen molar-refractivity contribution in [3.8, 4) is 0 Å². The molecule has 2 rings (SSSR count). The van der Waals surface area contributed by atoms with Gasteiger partial charge < -0.3 is 11.1 Å². The maximum Gasteiger partial charge on any atom is 0.245 e. The lowest BCUT2D eigenvalue weighted by Gasteiger charge is -2.12. The minimum Gasteiger partial charge on any atom is -0.323 e. The number of rotatable bonds is 3. The molecule has 1 aromatic heterocycles. The number of nitrogens with zero attached hydrogens (tertiary/aromatic N) is 1. The van der Waals surface area contributed by atoms with E-state index >= 15 is 0 Å². The highest BCUT2D eigenvalue weighted by Crippen LogP contribution is 2.13. The zero-order valence-corrected chi connectivity index (χ0v) is 10.1. The van der Waals surface area contributed by atoms with Crippen molar-refractivity contribution < 1.29 is 4.79 Å². The van der Waals surface area contributed by atoms with Crippen LogP contribution in [0.1, 0.15) is 17.2 Å². The zero-order chi connectivity index (χ0) is 13.0. The molecule has 18 heavy (non-hydrogen) atoms. The number of anilines is 1. The molecule has 2 aromatic rings. The van der Waals surface area contributed by atoms with Crippen molar-refractivity contribution in [3.63, 3.8) is 0 Å². The fraction of sp³-hybridized carbons (Fsp3) is 0.143. The molecule has 0 aliphatic carbocycles. The highest BCUT2D eigenvalue weighted by atomic mass is 16.2. The number of carbonyl (C=O) groups excluding carboxylic acids is 1. The molecule has 3 N–H and O–H groups in total. The van der Waals surface area contributed by atoms with Gasteiger partial charge in [0, 0.05) is 6.20 Å². The van der Waals surface area contributed by atoms with Gasteiger partial charge in [0.05, 0.1) is 11.9 Å². The Labute approximate surface area is 106 Å². The van der Waals surface area contributed by atoms with Gasteiger partial charge in [-0.05, 0) is 24.1 Å². The van der Waals surface area contributed by atoms with E-state index in [9.17, 15) is 4.79 Å². The second-order valence-electron chi connectivity index (χ2n) is 4.13. The number of aryl methyl sites for hydroxylation is 1. The summed E-state index contributed by atoms with van der Waals surface area (Å²) in [6.07, 6.45) is 3.33. The van der Waals surface area contributed by atoms with Crippen molar-refractivity contribution in [2.24, 2.45) is 5.73 Å². The topological polar surface area (TPSA) is 68.0 Å². The van der Waals surface area contributed by atoms with Crippen molar-refractivity contribution in [1.82, 2.24) is 4.98 Å². The number of aromatic nitrogens is 1. The lowest BCUT2D eigenvalue weighted by molar-refractivity contribution is -0.117. The summed E-state index contributed by atoms with van der Waals surface area (Å²) in [5, 5.41) is 2.75. The molecular weight excluding hydrogens is 226 g/mol. The monoisotopic (exact) mass is 241 g/mol. The Morgan fingerprint density at radius 3 is 2.67 bits per heavy atom. The van der Waals surface area contributed by atoms with Crippen LogP contribution in [0.15, 0.2) is 48.8 Å². The van der Waals surface area contributed by atoms with Crippen LogP contribution in [0.4, 0.5) is 5.69 Å². The summed E-state index contributed by atoms with van der Waals surface area (Å²) in [7, 11) is 0. The Morgan fingerprint density at radius 2 is 2.00 bits per heavy atom. The fourth-order valence-electron chi connectivity index (χ4n) is 1.66. The molecule has 1 aromatic carbocycles. The second kappa shape index (κ2) is 5.42. The molecule has 0 radical (unpaired) electrons. The lowest BCUT2D eigenvalue weighted by atomic mass is 10.1. The van der Waals surface area contributed by atoms with E-state index in [1.165, 1.54) is 0 Å². The highest BCUT2D eigenvalue weighted by molar-refractivity contribution is 5.95. The van der Waals surface area contributed by atoms with Crippen LogP contribution in [0.2, 0.25) is 0 Å². The first-order valence-corrected chi connectivity index (χ1v) is 5.70. The first-order chi connectivity index (χ1) is 8.66. The van der Waals surface area contributed by atoms with E-state index in [1.807, 2.05) is 43.3 Å². The normalized spacial score (nSPS) is 11.9. The second-order valence-corrected chi connectivity index (χ2v) is 4.13. The van der Waals surface area contributed by atoms with E-state index in [-0.39, 0.29) is 5.91 Å². The molecule has 1 heterocycles. The number of amides is 1. The molecule has 0 aliphatic rings. The molecule has 0 bridgehead atoms. The third kappa shape index (κ3) is 2.93. The average molecular weight is 241 g/mol. The predicted molar refractivity (Wildman–Crippen MR) is 71.0 cm³/mol. The first kappa shape index (κ1) is 12.3. The number of benzene rings is 1. The summed E-state index contributed by atoms with van der Waals surface area (Å²) in [6.45, 7) is 1.92. The lowest BCUT2D eigenvalue weighted by Crippen LogP contribution is -2.27. The summed E-state index contributed by atoms with van der Waals surface area (Å²) in [4.78, 5) is 16.0. The molecule has 0 spiro atoms. The van der Waals surface area contributed by atoms with Gasteiger partial charge in [-0.2, -0.15) is 0 Å². The van der Waals surface area contributed by atoms with E-state index in [0.29, 0.717) is 5.69 Å². The van der Waals surface area contributed by atoms with Crippen molar-refractivity contribution in [2.75, 3.05) is 5.32 Å². The Bertz CT molecular complexity index is 540. The molecule has 4 nitrogen and oxygen atoms in total. The minimum atomic E-state index is -0.674. The molecule has 0 fully saturated rings. The van der Waals surface area contributed by atoms with Crippen molar-refractivity contribution >= 4 is 11.6 Å². The maximum atomic E-state index is 12.0. The zero-order valence-electron chi connectivity index (χ0n) is 10.1.